The summed E-state index contributed by atoms with van der Waals surface area (Å²) in [4.78, 5) is 18.8. The Balaban J connectivity index is 2.25. The first kappa shape index (κ1) is 16.4. The van der Waals surface area contributed by atoms with Crippen LogP contribution in [0, 0.1) is 21.4 Å². The lowest BCUT2D eigenvalue weighted by Gasteiger charge is -2.10. The van der Waals surface area contributed by atoms with Crippen LogP contribution in [0.2, 0.25) is 5.02 Å². The maximum atomic E-state index is 11.1. The molecule has 8 heteroatoms. The van der Waals surface area contributed by atoms with Crippen molar-refractivity contribution in [1.29, 1.82) is 5.26 Å². The van der Waals surface area contributed by atoms with Crippen molar-refractivity contribution in [3.8, 4) is 28.5 Å². The molecule has 0 aliphatic heterocycles. The van der Waals surface area contributed by atoms with Gasteiger partial charge in [0.15, 0.2) is 0 Å². The van der Waals surface area contributed by atoms with Crippen LogP contribution in [0.5, 0.6) is 0 Å². The fourth-order valence-electron chi connectivity index (χ4n) is 2.39. The van der Waals surface area contributed by atoms with Crippen molar-refractivity contribution in [2.45, 2.75) is 0 Å². The fourth-order valence-corrected chi connectivity index (χ4v) is 2.58. The van der Waals surface area contributed by atoms with Crippen molar-refractivity contribution in [2.24, 2.45) is 0 Å². The van der Waals surface area contributed by atoms with Crippen molar-refractivity contribution in [2.75, 3.05) is 5.73 Å². The molecule has 3 aromatic rings. The minimum Gasteiger partial charge on any atom is -0.383 e. The number of hydrogen-bond donors (Lipinski definition) is 1. The van der Waals surface area contributed by atoms with E-state index in [1.54, 1.807) is 36.7 Å². The second kappa shape index (κ2) is 6.55. The molecule has 1 aromatic carbocycles. The van der Waals surface area contributed by atoms with E-state index in [0.717, 1.165) is 0 Å². The average Bonchev–Trinajstić information content (AvgIpc) is 2.62. The van der Waals surface area contributed by atoms with Gasteiger partial charge in [0.05, 0.1) is 10.6 Å². The Bertz CT molecular complexity index is 1020. The first-order chi connectivity index (χ1) is 12.0. The highest BCUT2D eigenvalue weighted by Crippen LogP contribution is 2.35. The lowest BCUT2D eigenvalue weighted by molar-refractivity contribution is -0.384. The molecule has 122 valence electrons. The number of nitrogens with two attached hydrogens (primary N) is 1. The molecule has 2 aromatic heterocycles. The van der Waals surface area contributed by atoms with Crippen LogP contribution in [0.3, 0.4) is 0 Å². The molecule has 0 amide bonds. The maximum absolute atomic E-state index is 11.1. The third kappa shape index (κ3) is 3.11. The zero-order valence-electron chi connectivity index (χ0n) is 12.7. The first-order valence-corrected chi connectivity index (χ1v) is 7.44. The van der Waals surface area contributed by atoms with Gasteiger partial charge >= 0.3 is 0 Å². The van der Waals surface area contributed by atoms with E-state index in [1.807, 2.05) is 6.07 Å². The van der Waals surface area contributed by atoms with Crippen LogP contribution in [0.1, 0.15) is 5.56 Å². The number of nitrogen functional groups attached to an aromatic ring is 1. The molecule has 0 fully saturated rings. The van der Waals surface area contributed by atoms with Gasteiger partial charge in [0.1, 0.15) is 22.5 Å². The Labute approximate surface area is 147 Å². The molecular weight excluding hydrogens is 342 g/mol. The van der Waals surface area contributed by atoms with Gasteiger partial charge in [-0.15, -0.1) is 0 Å². The summed E-state index contributed by atoms with van der Waals surface area (Å²) >= 11 is 5.86. The van der Waals surface area contributed by atoms with Gasteiger partial charge in [-0.2, -0.15) is 5.26 Å². The predicted molar refractivity (Wildman–Crippen MR) is 93.7 cm³/mol. The third-order valence-corrected chi connectivity index (χ3v) is 3.89. The van der Waals surface area contributed by atoms with Crippen molar-refractivity contribution < 1.29 is 4.92 Å². The van der Waals surface area contributed by atoms with Gasteiger partial charge in [-0.25, -0.2) is 4.98 Å². The van der Waals surface area contributed by atoms with Gasteiger partial charge in [-0.05, 0) is 29.8 Å². The second-order valence-electron chi connectivity index (χ2n) is 5.09. The molecular formula is C17H10ClN5O2. The Morgan fingerprint density at radius 2 is 2.04 bits per heavy atom. The summed E-state index contributed by atoms with van der Waals surface area (Å²) in [7, 11) is 0. The maximum Gasteiger partial charge on any atom is 0.288 e. The molecule has 7 nitrogen and oxygen atoms in total. The van der Waals surface area contributed by atoms with Crippen molar-refractivity contribution in [1.82, 2.24) is 9.97 Å². The van der Waals surface area contributed by atoms with Gasteiger partial charge in [0.25, 0.3) is 5.69 Å². The summed E-state index contributed by atoms with van der Waals surface area (Å²) in [6.07, 6.45) is 3.24. The predicted octanol–water partition coefficient (Wildman–Crippen LogP) is 3.83. The molecule has 3 rings (SSSR count). The van der Waals surface area contributed by atoms with Crippen LogP contribution >= 0.6 is 11.6 Å². The number of nitro groups is 1. The molecule has 0 aliphatic rings. The highest BCUT2D eigenvalue weighted by atomic mass is 35.5. The molecule has 0 saturated carbocycles. The van der Waals surface area contributed by atoms with E-state index < -0.39 is 4.92 Å². The molecule has 0 atom stereocenters. The monoisotopic (exact) mass is 351 g/mol. The Morgan fingerprint density at radius 1 is 1.24 bits per heavy atom. The zero-order chi connectivity index (χ0) is 18.0. The number of nitro benzene ring substituents is 1. The zero-order valence-corrected chi connectivity index (χ0v) is 13.4. The number of benzene rings is 1. The average molecular weight is 352 g/mol. The molecule has 0 unspecified atom stereocenters. The normalized spacial score (nSPS) is 10.2. The molecule has 0 bridgehead atoms. The second-order valence-corrected chi connectivity index (χ2v) is 5.50. The molecule has 25 heavy (non-hydrogen) atoms. The fraction of sp³-hybridized carbons (Fsp3) is 0. The highest BCUT2D eigenvalue weighted by molar-refractivity contribution is 6.32. The smallest absolute Gasteiger partial charge is 0.288 e. The van der Waals surface area contributed by atoms with Crippen molar-refractivity contribution in [3.05, 3.63) is 69.5 Å². The van der Waals surface area contributed by atoms with Crippen LogP contribution in [-0.4, -0.2) is 14.9 Å². The lowest BCUT2D eigenvalue weighted by atomic mass is 9.98. The van der Waals surface area contributed by atoms with Gasteiger partial charge in [0.2, 0.25) is 0 Å². The third-order valence-electron chi connectivity index (χ3n) is 3.57. The van der Waals surface area contributed by atoms with Crippen LogP contribution in [0.4, 0.5) is 11.5 Å². The number of halogens is 1. The summed E-state index contributed by atoms with van der Waals surface area (Å²) < 4.78 is 0. The highest BCUT2D eigenvalue weighted by Gasteiger charge is 2.18. The Hall–Kier alpha value is -3.50. The number of hydrogen-bond acceptors (Lipinski definition) is 6. The van der Waals surface area contributed by atoms with Crippen molar-refractivity contribution >= 4 is 23.1 Å². The van der Waals surface area contributed by atoms with Crippen LogP contribution in [0.25, 0.3) is 22.4 Å². The van der Waals surface area contributed by atoms with Crippen LogP contribution in [-0.2, 0) is 0 Å². The summed E-state index contributed by atoms with van der Waals surface area (Å²) in [5.41, 5.74) is 7.93. The van der Waals surface area contributed by atoms with Crippen molar-refractivity contribution in [3.63, 3.8) is 0 Å². The van der Waals surface area contributed by atoms with Gasteiger partial charge < -0.3 is 5.73 Å². The van der Waals surface area contributed by atoms with Gasteiger partial charge in [0, 0.05) is 29.6 Å². The van der Waals surface area contributed by atoms with E-state index in [9.17, 15) is 15.4 Å². The van der Waals surface area contributed by atoms with E-state index in [2.05, 4.69) is 9.97 Å². The number of nitriles is 1. The number of rotatable bonds is 3. The van der Waals surface area contributed by atoms with E-state index >= 15 is 0 Å². The Morgan fingerprint density at radius 3 is 2.68 bits per heavy atom. The summed E-state index contributed by atoms with van der Waals surface area (Å²) in [5, 5.41) is 20.6. The van der Waals surface area contributed by atoms with E-state index in [4.69, 9.17) is 17.3 Å². The Kier molecular flexibility index (Phi) is 4.29. The molecule has 0 saturated heterocycles. The van der Waals surface area contributed by atoms with Gasteiger partial charge in [-0.3, -0.25) is 15.1 Å². The minimum atomic E-state index is -0.579. The topological polar surface area (TPSA) is 119 Å². The molecule has 2 N–H and O–H groups in total. The summed E-state index contributed by atoms with van der Waals surface area (Å²) in [6.45, 7) is 0. The molecule has 2 heterocycles. The number of aromatic nitrogens is 2. The SMILES string of the molecule is N#Cc1c(-c2ccc(Cl)c([N+](=O)[O-])c2)cc(-c2cccnc2)nc1N. The van der Waals surface area contributed by atoms with E-state index in [1.165, 1.54) is 12.1 Å². The van der Waals surface area contributed by atoms with E-state index in [-0.39, 0.29) is 22.1 Å². The molecule has 0 spiro atoms. The standard InChI is InChI=1S/C17H10ClN5O2/c18-14-4-3-10(6-16(14)23(24)25)12-7-15(11-2-1-5-21-9-11)22-17(20)13(12)8-19/h1-7,9H,(H2,20,22). The van der Waals surface area contributed by atoms with E-state index in [0.29, 0.717) is 22.4 Å². The minimum absolute atomic E-state index is 0.0155. The molecule has 0 aliphatic carbocycles. The van der Waals surface area contributed by atoms with Crippen LogP contribution < -0.4 is 5.73 Å². The summed E-state index contributed by atoms with van der Waals surface area (Å²) in [6, 6.07) is 11.5. The number of pyridine rings is 2. The largest absolute Gasteiger partial charge is 0.383 e. The van der Waals surface area contributed by atoms with Crippen LogP contribution in [0.15, 0.2) is 48.8 Å². The van der Waals surface area contributed by atoms with Gasteiger partial charge in [-0.1, -0.05) is 17.7 Å². The lowest BCUT2D eigenvalue weighted by Crippen LogP contribution is -2.00. The number of nitrogens with zero attached hydrogens (tertiary/aromatic N) is 4. The molecule has 0 radical (unpaired) electrons. The quantitative estimate of drug-likeness (QED) is 0.565. The first-order valence-electron chi connectivity index (χ1n) is 7.06. The number of anilines is 1. The summed E-state index contributed by atoms with van der Waals surface area (Å²) in [5.74, 6) is 0.0384.